The summed E-state index contributed by atoms with van der Waals surface area (Å²) in [6.45, 7) is 2.69. The highest BCUT2D eigenvalue weighted by atomic mass is 16.5. The Hall–Kier alpha value is -2.88. The molecule has 1 aliphatic heterocycles. The molecule has 0 unspecified atom stereocenters. The molecule has 1 aliphatic rings. The van der Waals surface area contributed by atoms with Crippen LogP contribution in [-0.2, 0) is 11.8 Å². The van der Waals surface area contributed by atoms with Crippen LogP contribution in [0.3, 0.4) is 0 Å². The molecular formula is C15H22N8O2. The number of hydrogen-bond acceptors (Lipinski definition) is 9. The lowest BCUT2D eigenvalue weighted by molar-refractivity contribution is 0.0374. The third kappa shape index (κ3) is 4.35. The second-order valence-corrected chi connectivity index (χ2v) is 5.87. The monoisotopic (exact) mass is 346 g/mol. The Bertz CT molecular complexity index is 773. The zero-order valence-corrected chi connectivity index (χ0v) is 14.1. The number of aryl methyl sites for hydroxylation is 1. The van der Waals surface area contributed by atoms with E-state index in [9.17, 15) is 4.79 Å². The molecule has 0 amide bonds. The Morgan fingerprint density at radius 3 is 2.96 bits per heavy atom. The van der Waals surface area contributed by atoms with Crippen LogP contribution in [0.25, 0.3) is 0 Å². The normalized spacial score (nSPS) is 17.5. The quantitative estimate of drug-likeness (QED) is 0.650. The lowest BCUT2D eigenvalue weighted by atomic mass is 10.2. The maximum absolute atomic E-state index is 11.7. The first kappa shape index (κ1) is 17.0. The van der Waals surface area contributed by atoms with Gasteiger partial charge in [0.05, 0.1) is 24.6 Å². The van der Waals surface area contributed by atoms with Crippen LogP contribution >= 0.6 is 0 Å². The largest absolute Gasteiger partial charge is 0.383 e. The molecule has 0 aliphatic carbocycles. The third-order valence-electron chi connectivity index (χ3n) is 3.99. The molecule has 10 nitrogen and oxygen atoms in total. The Morgan fingerprint density at radius 1 is 1.36 bits per heavy atom. The van der Waals surface area contributed by atoms with Crippen molar-refractivity contribution in [3.63, 3.8) is 0 Å². The van der Waals surface area contributed by atoms with E-state index in [0.29, 0.717) is 31.3 Å². The van der Waals surface area contributed by atoms with Crippen LogP contribution in [-0.4, -0.2) is 52.1 Å². The summed E-state index contributed by atoms with van der Waals surface area (Å²) in [6, 6.07) is 3.23. The Labute approximate surface area is 144 Å². The van der Waals surface area contributed by atoms with Crippen LogP contribution in [0, 0.1) is 0 Å². The van der Waals surface area contributed by atoms with Crippen molar-refractivity contribution >= 4 is 23.3 Å². The molecule has 5 N–H and O–H groups in total. The topological polar surface area (TPSA) is 137 Å². The van der Waals surface area contributed by atoms with Crippen LogP contribution in [0.15, 0.2) is 23.1 Å². The number of ether oxygens (including phenoxy) is 1. The average Bonchev–Trinajstić information content (AvgIpc) is 2.57. The van der Waals surface area contributed by atoms with Gasteiger partial charge in [0.15, 0.2) is 0 Å². The Balaban J connectivity index is 1.54. The van der Waals surface area contributed by atoms with E-state index >= 15 is 0 Å². The van der Waals surface area contributed by atoms with Gasteiger partial charge in [-0.3, -0.25) is 4.79 Å². The molecule has 3 rings (SSSR count). The zero-order chi connectivity index (χ0) is 17.8. The smallest absolute Gasteiger partial charge is 0.268 e. The molecule has 3 heterocycles. The van der Waals surface area contributed by atoms with Crippen LogP contribution in [0.5, 0.6) is 0 Å². The van der Waals surface area contributed by atoms with Crippen molar-refractivity contribution in [3.05, 3.63) is 28.7 Å². The van der Waals surface area contributed by atoms with Crippen molar-refractivity contribution in [2.24, 2.45) is 7.05 Å². The van der Waals surface area contributed by atoms with E-state index in [1.165, 1.54) is 4.68 Å². The molecule has 1 fully saturated rings. The number of morpholine rings is 1. The number of aromatic nitrogens is 4. The Morgan fingerprint density at radius 2 is 2.20 bits per heavy atom. The van der Waals surface area contributed by atoms with E-state index in [0.717, 1.165) is 18.7 Å². The summed E-state index contributed by atoms with van der Waals surface area (Å²) < 4.78 is 7.11. The van der Waals surface area contributed by atoms with Gasteiger partial charge in [0, 0.05) is 38.8 Å². The van der Waals surface area contributed by atoms with Crippen molar-refractivity contribution in [1.29, 1.82) is 0 Å². The van der Waals surface area contributed by atoms with E-state index in [2.05, 4.69) is 25.3 Å². The van der Waals surface area contributed by atoms with Gasteiger partial charge in [-0.05, 0) is 6.42 Å². The predicted octanol–water partition coefficient (Wildman–Crippen LogP) is -0.558. The van der Waals surface area contributed by atoms with E-state index in [4.69, 9.17) is 16.2 Å². The van der Waals surface area contributed by atoms with Gasteiger partial charge >= 0.3 is 0 Å². The van der Waals surface area contributed by atoms with E-state index in [-0.39, 0.29) is 17.6 Å². The summed E-state index contributed by atoms with van der Waals surface area (Å²) in [5, 5.41) is 7.24. The van der Waals surface area contributed by atoms with Gasteiger partial charge in [-0.1, -0.05) is 0 Å². The van der Waals surface area contributed by atoms with Crippen LogP contribution in [0.4, 0.5) is 23.3 Å². The lowest BCUT2D eigenvalue weighted by Crippen LogP contribution is -2.43. The number of nitrogens with two attached hydrogens (primary N) is 2. The molecule has 134 valence electrons. The molecule has 1 saturated heterocycles. The van der Waals surface area contributed by atoms with Gasteiger partial charge < -0.3 is 26.4 Å². The minimum absolute atomic E-state index is 0.0434. The average molecular weight is 346 g/mol. The summed E-state index contributed by atoms with van der Waals surface area (Å²) in [6.07, 6.45) is 2.52. The molecule has 10 heteroatoms. The molecule has 0 spiro atoms. The van der Waals surface area contributed by atoms with Gasteiger partial charge in [0.2, 0.25) is 5.95 Å². The van der Waals surface area contributed by atoms with Gasteiger partial charge in [-0.25, -0.2) is 4.68 Å². The number of rotatable bonds is 5. The van der Waals surface area contributed by atoms with Crippen LogP contribution in [0.2, 0.25) is 0 Å². The summed E-state index contributed by atoms with van der Waals surface area (Å²) >= 11 is 0. The minimum atomic E-state index is -0.124. The fraction of sp³-hybridized carbons (Fsp3) is 0.467. The number of anilines is 4. The molecular weight excluding hydrogens is 324 g/mol. The maximum Gasteiger partial charge on any atom is 0.268 e. The minimum Gasteiger partial charge on any atom is -0.383 e. The molecule has 25 heavy (non-hydrogen) atoms. The number of hydrogen-bond donors (Lipinski definition) is 3. The van der Waals surface area contributed by atoms with Crippen molar-refractivity contribution in [2.45, 2.75) is 12.5 Å². The fourth-order valence-corrected chi connectivity index (χ4v) is 2.70. The summed E-state index contributed by atoms with van der Waals surface area (Å²) in [4.78, 5) is 21.8. The van der Waals surface area contributed by atoms with Gasteiger partial charge in [0.25, 0.3) is 5.56 Å². The van der Waals surface area contributed by atoms with Crippen molar-refractivity contribution in [2.75, 3.05) is 47.9 Å². The van der Waals surface area contributed by atoms with Gasteiger partial charge in [-0.15, -0.1) is 0 Å². The highest BCUT2D eigenvalue weighted by molar-refractivity contribution is 5.48. The zero-order valence-electron chi connectivity index (χ0n) is 14.1. The van der Waals surface area contributed by atoms with E-state index in [1.807, 2.05) is 0 Å². The summed E-state index contributed by atoms with van der Waals surface area (Å²) in [5.74, 6) is 1.06. The molecule has 0 radical (unpaired) electrons. The van der Waals surface area contributed by atoms with E-state index < -0.39 is 0 Å². The van der Waals surface area contributed by atoms with Crippen molar-refractivity contribution in [1.82, 2.24) is 19.7 Å². The van der Waals surface area contributed by atoms with Crippen molar-refractivity contribution in [3.8, 4) is 0 Å². The second-order valence-electron chi connectivity index (χ2n) is 5.87. The number of nitrogen functional groups attached to an aromatic ring is 2. The molecule has 0 aromatic carbocycles. The van der Waals surface area contributed by atoms with E-state index in [1.54, 1.807) is 25.4 Å². The first-order valence-electron chi connectivity index (χ1n) is 8.05. The first-order valence-corrected chi connectivity index (χ1v) is 8.05. The third-order valence-corrected chi connectivity index (χ3v) is 3.99. The molecule has 1 atom stereocenters. The highest BCUT2D eigenvalue weighted by Crippen LogP contribution is 2.17. The first-order chi connectivity index (χ1) is 12.0. The van der Waals surface area contributed by atoms with Crippen molar-refractivity contribution < 1.29 is 4.74 Å². The number of nitrogens with zero attached hydrogens (tertiary/aromatic N) is 5. The molecule has 0 bridgehead atoms. The predicted molar refractivity (Wildman–Crippen MR) is 95.4 cm³/mol. The van der Waals surface area contributed by atoms with Crippen LogP contribution < -0.4 is 27.2 Å². The van der Waals surface area contributed by atoms with Crippen LogP contribution in [0.1, 0.15) is 6.42 Å². The molecule has 0 saturated carbocycles. The fourth-order valence-electron chi connectivity index (χ4n) is 2.70. The maximum atomic E-state index is 11.7. The second kappa shape index (κ2) is 7.34. The molecule has 2 aromatic heterocycles. The standard InChI is InChI=1S/C15H22N8O2/c1-22-14(24)6-10(8-19-22)23-4-5-25-11(9-23)2-3-18-13-7-12(16)20-15(17)21-13/h6-8,11H,2-5,9H2,1H3,(H5,16,17,18,20,21)/t11-/m1/s1. The SMILES string of the molecule is Cn1ncc(N2CCO[C@H](CCNc3cc(N)nc(N)n3)C2)cc1=O. The Kier molecular flexibility index (Phi) is 4.98. The lowest BCUT2D eigenvalue weighted by Gasteiger charge is -2.34. The van der Waals surface area contributed by atoms with Gasteiger partial charge in [0.1, 0.15) is 11.6 Å². The summed E-state index contributed by atoms with van der Waals surface area (Å²) in [5.41, 5.74) is 11.9. The molecule has 2 aromatic rings. The highest BCUT2D eigenvalue weighted by Gasteiger charge is 2.21. The number of nitrogens with one attached hydrogen (secondary N) is 1. The summed E-state index contributed by atoms with van der Waals surface area (Å²) in [7, 11) is 1.63. The van der Waals surface area contributed by atoms with Gasteiger partial charge in [-0.2, -0.15) is 15.1 Å².